The van der Waals surface area contributed by atoms with Gasteiger partial charge in [0.2, 0.25) is 6.10 Å². The van der Waals surface area contributed by atoms with Gasteiger partial charge in [0.05, 0.1) is 19.4 Å². The molecule has 1 aromatic carbocycles. The monoisotopic (exact) mass is 316 g/mol. The van der Waals surface area contributed by atoms with Crippen molar-refractivity contribution in [2.75, 3.05) is 7.11 Å². The lowest BCUT2D eigenvalue weighted by Crippen LogP contribution is -2.34. The van der Waals surface area contributed by atoms with Crippen LogP contribution in [0.1, 0.15) is 16.9 Å². The van der Waals surface area contributed by atoms with E-state index in [1.54, 1.807) is 18.4 Å². The molecule has 0 bridgehead atoms. The minimum absolute atomic E-state index is 0.138. The summed E-state index contributed by atoms with van der Waals surface area (Å²) in [5.41, 5.74) is 1.72. The maximum Gasteiger partial charge on any atom is 0.264 e. The van der Waals surface area contributed by atoms with Gasteiger partial charge in [0.25, 0.3) is 5.91 Å². The molecule has 1 N–H and O–H groups in total. The van der Waals surface area contributed by atoms with Gasteiger partial charge in [0, 0.05) is 11.3 Å². The van der Waals surface area contributed by atoms with Crippen LogP contribution in [-0.4, -0.2) is 24.8 Å². The van der Waals surface area contributed by atoms with Gasteiger partial charge in [-0.3, -0.25) is 4.79 Å². The lowest BCUT2D eigenvalue weighted by atomic mass is 10.0. The van der Waals surface area contributed by atoms with Crippen molar-refractivity contribution in [3.8, 4) is 5.75 Å². The molecule has 0 unspecified atom stereocenters. The first-order valence-electron chi connectivity index (χ1n) is 6.93. The van der Waals surface area contributed by atoms with E-state index in [1.807, 2.05) is 41.8 Å². The Morgan fingerprint density at radius 2 is 2.23 bits per heavy atom. The fourth-order valence-corrected chi connectivity index (χ4v) is 2.82. The number of methoxy groups -OCH3 is 1. The summed E-state index contributed by atoms with van der Waals surface area (Å²) in [5.74, 6) is 0.647. The number of oxime groups is 1. The van der Waals surface area contributed by atoms with Gasteiger partial charge < -0.3 is 14.9 Å². The predicted octanol–water partition coefficient (Wildman–Crippen LogP) is 2.57. The van der Waals surface area contributed by atoms with E-state index in [4.69, 9.17) is 9.57 Å². The molecule has 0 fully saturated rings. The Labute approximate surface area is 132 Å². The predicted molar refractivity (Wildman–Crippen MR) is 85.2 cm³/mol. The van der Waals surface area contributed by atoms with Crippen molar-refractivity contribution in [2.45, 2.75) is 19.1 Å². The van der Waals surface area contributed by atoms with E-state index in [1.165, 1.54) is 0 Å². The fourth-order valence-electron chi connectivity index (χ4n) is 2.17. The molecule has 1 aliphatic heterocycles. The van der Waals surface area contributed by atoms with E-state index in [-0.39, 0.29) is 5.91 Å². The van der Waals surface area contributed by atoms with Crippen LogP contribution < -0.4 is 10.1 Å². The van der Waals surface area contributed by atoms with Crippen molar-refractivity contribution < 1.29 is 14.4 Å². The second-order valence-electron chi connectivity index (χ2n) is 4.86. The number of benzene rings is 1. The molecule has 1 amide bonds. The maximum atomic E-state index is 12.1. The average Bonchev–Trinajstić information content (AvgIpc) is 3.24. The molecule has 0 radical (unpaired) electrons. The molecule has 0 spiro atoms. The number of carbonyl (C=O) groups excluding carboxylic acids is 1. The lowest BCUT2D eigenvalue weighted by Gasteiger charge is -2.08. The minimum atomic E-state index is -0.558. The number of hydrogen-bond acceptors (Lipinski definition) is 5. The molecular weight excluding hydrogens is 300 g/mol. The first kappa shape index (κ1) is 14.6. The molecule has 22 heavy (non-hydrogen) atoms. The summed E-state index contributed by atoms with van der Waals surface area (Å²) in [4.78, 5) is 18.5. The number of rotatable bonds is 5. The van der Waals surface area contributed by atoms with Crippen LogP contribution in [-0.2, 0) is 16.2 Å². The zero-order valence-electron chi connectivity index (χ0n) is 12.1. The fraction of sp³-hybridized carbons (Fsp3) is 0.250. The molecule has 3 rings (SSSR count). The normalized spacial score (nSPS) is 16.8. The molecule has 1 atom stereocenters. The summed E-state index contributed by atoms with van der Waals surface area (Å²) < 4.78 is 5.12. The number of hydrogen-bond donors (Lipinski definition) is 1. The Balaban J connectivity index is 1.55. The van der Waals surface area contributed by atoms with Gasteiger partial charge >= 0.3 is 0 Å². The van der Waals surface area contributed by atoms with Gasteiger partial charge in [-0.25, -0.2) is 0 Å². The third kappa shape index (κ3) is 3.28. The second-order valence-corrected chi connectivity index (χ2v) is 5.89. The summed E-state index contributed by atoms with van der Waals surface area (Å²) >= 11 is 1.61. The SMILES string of the molecule is COc1ccc(C2=NO[C@H](C(=O)NCc3cccs3)C2)cc1. The number of nitrogens with one attached hydrogen (secondary N) is 1. The molecular formula is C16H16N2O3S. The third-order valence-electron chi connectivity index (χ3n) is 3.40. The van der Waals surface area contributed by atoms with Crippen molar-refractivity contribution in [3.05, 3.63) is 52.2 Å². The lowest BCUT2D eigenvalue weighted by molar-refractivity contribution is -0.131. The highest BCUT2D eigenvalue weighted by molar-refractivity contribution is 7.09. The smallest absolute Gasteiger partial charge is 0.264 e. The molecule has 0 saturated heterocycles. The van der Waals surface area contributed by atoms with Gasteiger partial charge in [0.1, 0.15) is 5.75 Å². The third-order valence-corrected chi connectivity index (χ3v) is 4.28. The number of thiophene rings is 1. The van der Waals surface area contributed by atoms with Crippen LogP contribution in [0.25, 0.3) is 0 Å². The molecule has 0 saturated carbocycles. The van der Waals surface area contributed by atoms with Crippen molar-refractivity contribution in [3.63, 3.8) is 0 Å². The van der Waals surface area contributed by atoms with Gasteiger partial charge in [-0.05, 0) is 41.3 Å². The molecule has 1 aliphatic rings. The number of ether oxygens (including phenoxy) is 1. The number of amides is 1. The maximum absolute atomic E-state index is 12.1. The van der Waals surface area contributed by atoms with Crippen LogP contribution in [0.2, 0.25) is 0 Å². The van der Waals surface area contributed by atoms with E-state index in [0.29, 0.717) is 13.0 Å². The van der Waals surface area contributed by atoms with Crippen molar-refractivity contribution >= 4 is 23.0 Å². The highest BCUT2D eigenvalue weighted by Crippen LogP contribution is 2.19. The van der Waals surface area contributed by atoms with Crippen LogP contribution in [0.5, 0.6) is 5.75 Å². The van der Waals surface area contributed by atoms with Crippen molar-refractivity contribution in [1.82, 2.24) is 5.32 Å². The Kier molecular flexibility index (Phi) is 4.39. The molecule has 2 aromatic rings. The van der Waals surface area contributed by atoms with Crippen LogP contribution >= 0.6 is 11.3 Å². The van der Waals surface area contributed by atoms with Crippen LogP contribution in [0.3, 0.4) is 0 Å². The van der Waals surface area contributed by atoms with Gasteiger partial charge in [-0.1, -0.05) is 11.2 Å². The Bertz CT molecular complexity index is 665. The summed E-state index contributed by atoms with van der Waals surface area (Å²) in [6, 6.07) is 11.5. The zero-order chi connectivity index (χ0) is 15.4. The van der Waals surface area contributed by atoms with Gasteiger partial charge in [-0.2, -0.15) is 0 Å². The highest BCUT2D eigenvalue weighted by atomic mass is 32.1. The zero-order valence-corrected chi connectivity index (χ0v) is 12.9. The van der Waals surface area contributed by atoms with E-state index in [9.17, 15) is 4.79 Å². The topological polar surface area (TPSA) is 59.9 Å². The quantitative estimate of drug-likeness (QED) is 0.922. The molecule has 114 valence electrons. The number of nitrogens with zero attached hydrogens (tertiary/aromatic N) is 1. The molecule has 1 aromatic heterocycles. The Morgan fingerprint density at radius 1 is 1.41 bits per heavy atom. The first-order chi connectivity index (χ1) is 10.8. The molecule has 2 heterocycles. The summed E-state index contributed by atoms with van der Waals surface area (Å²) in [5, 5.41) is 8.88. The molecule has 5 nitrogen and oxygen atoms in total. The van der Waals surface area contributed by atoms with Crippen LogP contribution in [0, 0.1) is 0 Å². The molecule has 6 heteroatoms. The Hall–Kier alpha value is -2.34. The Morgan fingerprint density at radius 3 is 2.91 bits per heavy atom. The highest BCUT2D eigenvalue weighted by Gasteiger charge is 2.28. The van der Waals surface area contributed by atoms with Crippen LogP contribution in [0.4, 0.5) is 0 Å². The van der Waals surface area contributed by atoms with Gasteiger partial charge in [-0.15, -0.1) is 11.3 Å². The first-order valence-corrected chi connectivity index (χ1v) is 7.81. The average molecular weight is 316 g/mol. The summed E-state index contributed by atoms with van der Waals surface area (Å²) in [6.07, 6.45) is -0.0835. The van der Waals surface area contributed by atoms with E-state index < -0.39 is 6.10 Å². The summed E-state index contributed by atoms with van der Waals surface area (Å²) in [7, 11) is 1.62. The minimum Gasteiger partial charge on any atom is -0.497 e. The van der Waals surface area contributed by atoms with E-state index in [2.05, 4.69) is 10.5 Å². The van der Waals surface area contributed by atoms with Crippen molar-refractivity contribution in [2.24, 2.45) is 5.16 Å². The number of carbonyl (C=O) groups is 1. The van der Waals surface area contributed by atoms with Gasteiger partial charge in [0.15, 0.2) is 0 Å². The van der Waals surface area contributed by atoms with E-state index >= 15 is 0 Å². The van der Waals surface area contributed by atoms with Crippen LogP contribution in [0.15, 0.2) is 46.9 Å². The summed E-state index contributed by atoms with van der Waals surface area (Å²) in [6.45, 7) is 0.522. The molecule has 0 aliphatic carbocycles. The standard InChI is InChI=1S/C16H16N2O3S/c1-20-12-6-4-11(5-7-12)14-9-15(21-18-14)16(19)17-10-13-3-2-8-22-13/h2-8,15H,9-10H2,1H3,(H,17,19)/t15-/m0/s1. The van der Waals surface area contributed by atoms with E-state index in [0.717, 1.165) is 21.9 Å². The van der Waals surface area contributed by atoms with Crippen molar-refractivity contribution in [1.29, 1.82) is 0 Å². The largest absolute Gasteiger partial charge is 0.497 e. The second kappa shape index (κ2) is 6.62.